The highest BCUT2D eigenvalue weighted by atomic mass is 127. The summed E-state index contributed by atoms with van der Waals surface area (Å²) in [5.41, 5.74) is 2.15. The standard InChI is InChI=1S/C42H41N7O5S3.HI/c1-4-54-46-34(31-23-55-40(43-31)45-42(28-14-8-5-9-15-28,29-16-10-6-11-17-29)30-18-12-7-13-19-30)36(50)44-35-37(51)48-24-41(39(52)53,25-56-38(35)48)21-20-32-27(2)49-26-47(3)22-33(49)57-32;/h5-23,35,38H,4,24-26H2,1-3H3,(H,43,45)(H,44,50)(H,52,53);1H/t35-,38-,41?;/m1./s1. The Morgan fingerprint density at radius 1 is 1.03 bits per heavy atom. The van der Waals surface area contributed by atoms with Gasteiger partial charge in [-0.15, -0.1) is 47.1 Å². The van der Waals surface area contributed by atoms with Crippen molar-refractivity contribution in [2.24, 2.45) is 10.6 Å². The van der Waals surface area contributed by atoms with Crippen LogP contribution in [0.5, 0.6) is 0 Å². The van der Waals surface area contributed by atoms with E-state index >= 15 is 0 Å². The first kappa shape index (κ1) is 41.4. The summed E-state index contributed by atoms with van der Waals surface area (Å²) in [7, 11) is 2.01. The van der Waals surface area contributed by atoms with Gasteiger partial charge in [-0.1, -0.05) is 114 Å². The van der Waals surface area contributed by atoms with Crippen molar-refractivity contribution in [3.63, 3.8) is 0 Å². The van der Waals surface area contributed by atoms with E-state index in [-0.39, 0.29) is 60.2 Å². The van der Waals surface area contributed by atoms with Crippen molar-refractivity contribution in [3.8, 4) is 0 Å². The molecule has 3 aromatic carbocycles. The van der Waals surface area contributed by atoms with Crippen molar-refractivity contribution >= 4 is 87.5 Å². The highest BCUT2D eigenvalue weighted by molar-refractivity contribution is 14.0. The molecule has 16 heteroatoms. The maximum absolute atomic E-state index is 14.0. The number of aromatic nitrogens is 1. The molecule has 8 rings (SSSR count). The molecule has 1 aromatic heterocycles. The van der Waals surface area contributed by atoms with Crippen LogP contribution in [-0.4, -0.2) is 92.3 Å². The molecular formula is C42H42IN7O5S3. The second kappa shape index (κ2) is 17.2. The number of carbonyl (C=O) groups is 3. The van der Waals surface area contributed by atoms with Gasteiger partial charge in [0.2, 0.25) is 5.91 Å². The second-order valence-electron chi connectivity index (χ2n) is 14.1. The summed E-state index contributed by atoms with van der Waals surface area (Å²) in [6.45, 7) is 4.75. The number of nitrogens with zero attached hydrogens (tertiary/aromatic N) is 5. The summed E-state index contributed by atoms with van der Waals surface area (Å²) >= 11 is 4.27. The van der Waals surface area contributed by atoms with E-state index in [1.807, 2.05) is 74.6 Å². The number of fused-ring (bicyclic) bond motifs is 2. The first-order chi connectivity index (χ1) is 27.6. The number of allylic oxidation sites excluding steroid dienone is 2. The van der Waals surface area contributed by atoms with Gasteiger partial charge in [0.05, 0.1) is 11.7 Å². The summed E-state index contributed by atoms with van der Waals surface area (Å²) in [4.78, 5) is 57.4. The molecule has 4 aromatic rings. The Kier molecular flexibility index (Phi) is 12.3. The van der Waals surface area contributed by atoms with Crippen LogP contribution in [0.25, 0.3) is 0 Å². The Morgan fingerprint density at radius 3 is 2.22 bits per heavy atom. The lowest BCUT2D eigenvalue weighted by atomic mass is 9.77. The van der Waals surface area contributed by atoms with Crippen LogP contribution in [0.4, 0.5) is 5.13 Å². The molecule has 0 spiro atoms. The number of anilines is 1. The molecule has 2 fully saturated rings. The number of oxime groups is 1. The molecule has 0 aliphatic carbocycles. The number of halogens is 1. The molecule has 300 valence electrons. The van der Waals surface area contributed by atoms with Crippen LogP contribution in [0.15, 0.2) is 136 Å². The van der Waals surface area contributed by atoms with Gasteiger partial charge in [0, 0.05) is 41.5 Å². The van der Waals surface area contributed by atoms with Crippen molar-refractivity contribution in [1.29, 1.82) is 0 Å². The molecule has 3 atom stereocenters. The normalized spacial score (nSPS) is 21.6. The van der Waals surface area contributed by atoms with Crippen LogP contribution in [0.2, 0.25) is 0 Å². The largest absolute Gasteiger partial charge is 0.481 e. The van der Waals surface area contributed by atoms with Gasteiger partial charge >= 0.3 is 5.97 Å². The number of thioether (sulfide) groups is 2. The predicted molar refractivity (Wildman–Crippen MR) is 240 cm³/mol. The van der Waals surface area contributed by atoms with Gasteiger partial charge in [0.25, 0.3) is 5.91 Å². The molecule has 4 aliphatic heterocycles. The third kappa shape index (κ3) is 7.62. The second-order valence-corrected chi connectivity index (χ2v) is 17.2. The minimum absolute atomic E-state index is 0. The molecule has 2 amide bonds. The number of β-lactam (4-membered cyclic amide) rings is 1. The molecule has 5 heterocycles. The number of hydrogen-bond acceptors (Lipinski definition) is 12. The fraction of sp³-hybridized carbons (Fsp3) is 0.262. The van der Waals surface area contributed by atoms with Gasteiger partial charge in [0.15, 0.2) is 10.8 Å². The smallest absolute Gasteiger partial charge is 0.316 e. The zero-order chi connectivity index (χ0) is 39.7. The maximum atomic E-state index is 14.0. The summed E-state index contributed by atoms with van der Waals surface area (Å²) in [6, 6.07) is 29.5. The molecule has 12 nitrogen and oxygen atoms in total. The third-order valence-electron chi connectivity index (χ3n) is 10.5. The first-order valence-corrected chi connectivity index (χ1v) is 21.2. The quantitative estimate of drug-likeness (QED) is 0.0424. The minimum Gasteiger partial charge on any atom is -0.481 e. The molecule has 0 radical (unpaired) electrons. The van der Waals surface area contributed by atoms with Crippen LogP contribution in [-0.2, 0) is 24.8 Å². The van der Waals surface area contributed by atoms with E-state index in [1.54, 1.807) is 30.1 Å². The zero-order valence-electron chi connectivity index (χ0n) is 31.9. The predicted octanol–water partition coefficient (Wildman–Crippen LogP) is 6.91. The van der Waals surface area contributed by atoms with E-state index in [0.717, 1.165) is 39.0 Å². The molecule has 3 N–H and O–H groups in total. The number of rotatable bonds is 13. The molecule has 0 bridgehead atoms. The average molecular weight is 948 g/mol. The average Bonchev–Trinajstić information content (AvgIpc) is 3.93. The summed E-state index contributed by atoms with van der Waals surface area (Å²) in [5.74, 6) is -1.73. The topological polar surface area (TPSA) is 140 Å². The minimum atomic E-state index is -1.28. The number of nitrogens with one attached hydrogen (secondary N) is 2. The van der Waals surface area contributed by atoms with Crippen molar-refractivity contribution < 1.29 is 24.3 Å². The monoisotopic (exact) mass is 947 g/mol. The molecule has 4 aliphatic rings. The molecule has 2 saturated heterocycles. The molecule has 58 heavy (non-hydrogen) atoms. The summed E-state index contributed by atoms with van der Waals surface area (Å²) < 4.78 is 0. The van der Waals surface area contributed by atoms with Crippen molar-refractivity contribution in [3.05, 3.63) is 153 Å². The van der Waals surface area contributed by atoms with E-state index in [1.165, 1.54) is 28.0 Å². The number of hydrogen-bond donors (Lipinski definition) is 3. The van der Waals surface area contributed by atoms with E-state index in [9.17, 15) is 19.5 Å². The number of thiazole rings is 1. The van der Waals surface area contributed by atoms with E-state index in [2.05, 4.69) is 68.2 Å². The maximum Gasteiger partial charge on any atom is 0.316 e. The van der Waals surface area contributed by atoms with Crippen LogP contribution in [0.3, 0.4) is 0 Å². The fourth-order valence-corrected chi connectivity index (χ4v) is 10.9. The van der Waals surface area contributed by atoms with E-state index < -0.39 is 34.2 Å². The SMILES string of the molecule is CCON=C(C(=O)N[C@@H]1C(=O)N2CC(C=CC3=C(C)N4CN(C)C=C4S3)(C(=O)O)CS[C@H]12)c1csc(NC(c2ccccc2)(c2ccccc2)c2ccccc2)n1.I. The lowest BCUT2D eigenvalue weighted by molar-refractivity contribution is -0.156. The van der Waals surface area contributed by atoms with Gasteiger partial charge in [0.1, 0.15) is 34.7 Å². The third-order valence-corrected chi connectivity index (χ3v) is 14.0. The van der Waals surface area contributed by atoms with E-state index in [0.29, 0.717) is 5.13 Å². The Labute approximate surface area is 366 Å². The van der Waals surface area contributed by atoms with Gasteiger partial charge < -0.3 is 35.3 Å². The number of carboxylic acids is 1. The molecule has 0 saturated carbocycles. The van der Waals surface area contributed by atoms with Gasteiger partial charge in [-0.3, -0.25) is 14.4 Å². The Bertz CT molecular complexity index is 2210. The number of aliphatic carboxylic acids is 1. The Hall–Kier alpha value is -4.78. The highest BCUT2D eigenvalue weighted by Crippen LogP contribution is 2.47. The van der Waals surface area contributed by atoms with Crippen molar-refractivity contribution in [2.45, 2.75) is 30.8 Å². The fourth-order valence-electron chi connectivity index (χ4n) is 7.47. The van der Waals surface area contributed by atoms with Crippen molar-refractivity contribution in [2.75, 3.05) is 37.9 Å². The summed E-state index contributed by atoms with van der Waals surface area (Å²) in [5, 5.41) is 24.1. The van der Waals surface area contributed by atoms with Gasteiger partial charge in [-0.05, 0) is 36.6 Å². The number of carboxylic acid groups (broad SMARTS) is 1. The van der Waals surface area contributed by atoms with Crippen LogP contribution in [0.1, 0.15) is 36.2 Å². The van der Waals surface area contributed by atoms with Gasteiger partial charge in [-0.25, -0.2) is 4.98 Å². The summed E-state index contributed by atoms with van der Waals surface area (Å²) in [6.07, 6.45) is 5.66. The van der Waals surface area contributed by atoms with Gasteiger partial charge in [-0.2, -0.15) is 0 Å². The van der Waals surface area contributed by atoms with E-state index in [4.69, 9.17) is 9.82 Å². The number of amides is 2. The molecular weight excluding hydrogens is 906 g/mol. The Morgan fingerprint density at radius 2 is 1.66 bits per heavy atom. The number of carbonyl (C=O) groups excluding carboxylic acids is 2. The van der Waals surface area contributed by atoms with Crippen LogP contribution < -0.4 is 10.6 Å². The lowest BCUT2D eigenvalue weighted by Gasteiger charge is -2.53. The zero-order valence-corrected chi connectivity index (χ0v) is 36.7. The Balaban J connectivity index is 0.00000512. The highest BCUT2D eigenvalue weighted by Gasteiger charge is 2.57. The molecule has 1 unspecified atom stereocenters. The lowest BCUT2D eigenvalue weighted by Crippen LogP contribution is -2.73. The van der Waals surface area contributed by atoms with Crippen molar-refractivity contribution in [1.82, 2.24) is 25.0 Å². The number of benzene rings is 3. The first-order valence-electron chi connectivity index (χ1n) is 18.5. The van der Waals surface area contributed by atoms with Crippen LogP contribution in [0, 0.1) is 5.41 Å². The van der Waals surface area contributed by atoms with Crippen LogP contribution >= 0.6 is 58.8 Å².